The van der Waals surface area contributed by atoms with Crippen molar-refractivity contribution < 1.29 is 27.4 Å². The highest BCUT2D eigenvalue weighted by Gasteiger charge is 1.35. The van der Waals surface area contributed by atoms with Crippen LogP contribution in [0, 0.1) is 34.7 Å². The lowest BCUT2D eigenvalue weighted by molar-refractivity contribution is 0.823. The minimum Gasteiger partial charge on any atom is -0.412 e. The molecule has 0 radical (unpaired) electrons. The van der Waals surface area contributed by atoms with Crippen LogP contribution in [0.2, 0.25) is 0 Å². The van der Waals surface area contributed by atoms with E-state index in [9.17, 15) is 0 Å². The molecule has 8 nitrogen and oxygen atoms in total. The van der Waals surface area contributed by atoms with Gasteiger partial charge < -0.3 is 33.5 Å². The van der Waals surface area contributed by atoms with E-state index in [1.807, 2.05) is 0 Å². The van der Waals surface area contributed by atoms with Gasteiger partial charge in [0.15, 0.2) is 0 Å². The van der Waals surface area contributed by atoms with Crippen molar-refractivity contribution in [3.8, 4) is 24.2 Å². The van der Waals surface area contributed by atoms with Crippen LogP contribution >= 0.6 is 0 Å². The lowest BCUT2D eigenvalue weighted by Gasteiger charge is -1.42. The van der Waals surface area contributed by atoms with E-state index in [2.05, 4.69) is 23.4 Å². The first kappa shape index (κ1) is 136. The molecule has 0 aliphatic carbocycles. The van der Waals surface area contributed by atoms with Crippen molar-refractivity contribution in [3.05, 3.63) is 4.91 Å². The third kappa shape index (κ3) is 4090. The van der Waals surface area contributed by atoms with Crippen LogP contribution in [0.15, 0.2) is 0 Å². The average molecular weight is 218 g/mol. The molecule has 0 atom stereocenters. The quantitative estimate of drug-likeness (QED) is 0.335. The van der Waals surface area contributed by atoms with Crippen LogP contribution in [0.1, 0.15) is 14.4 Å². The van der Waals surface area contributed by atoms with Gasteiger partial charge in [0.05, 0.1) is 0 Å². The van der Waals surface area contributed by atoms with Crippen LogP contribution in [0.4, 0.5) is 0 Å². The predicted molar refractivity (Wildman–Crippen MR) is 58.2 cm³/mol. The topological polar surface area (TPSA) is 233 Å². The van der Waals surface area contributed by atoms with E-state index in [1.54, 1.807) is 6.92 Å². The van der Waals surface area contributed by atoms with Gasteiger partial charge in [-0.1, -0.05) is 18.9 Å². The maximum absolute atomic E-state index is 7.50. The Morgan fingerprint density at radius 2 is 1.21 bits per heavy atom. The number of nitroso groups, excluding NO2 is 1. The summed E-state index contributed by atoms with van der Waals surface area (Å²) < 4.78 is 0. The molecule has 0 spiro atoms. The first-order chi connectivity index (χ1) is 3.41. The van der Waals surface area contributed by atoms with Gasteiger partial charge in [-0.15, -0.1) is 6.42 Å². The van der Waals surface area contributed by atoms with Gasteiger partial charge in [0.1, 0.15) is 0 Å². The van der Waals surface area contributed by atoms with Gasteiger partial charge in [-0.25, -0.2) is 0 Å². The van der Waals surface area contributed by atoms with Crippen LogP contribution in [0.5, 0.6) is 0 Å². The average Bonchev–Trinajstić information content (AvgIpc) is 1.75. The summed E-state index contributed by atoms with van der Waals surface area (Å²) >= 11 is 0. The molecule has 92 valence electrons. The molecule has 0 aromatic carbocycles. The lowest BCUT2D eigenvalue weighted by atomic mass is 10.6. The third-order valence-electron chi connectivity index (χ3n) is 0.197. The maximum atomic E-state index is 7.50. The van der Waals surface area contributed by atoms with Crippen molar-refractivity contribution >= 4 is 0 Å². The molecule has 0 saturated heterocycles. The van der Waals surface area contributed by atoms with Gasteiger partial charge in [0.2, 0.25) is 0 Å². The number of hydrogen-bond acceptors (Lipinski definition) is 3. The van der Waals surface area contributed by atoms with Crippen LogP contribution < -0.4 is 6.15 Å². The molecule has 0 amide bonds. The van der Waals surface area contributed by atoms with E-state index in [0.29, 0.717) is 0 Å². The first-order valence-electron chi connectivity index (χ1n) is 1.49. The Hall–Kier alpha value is -1.52. The molecule has 0 aromatic heterocycles. The van der Waals surface area contributed by atoms with Gasteiger partial charge >= 0.3 is 0 Å². The zero-order valence-corrected chi connectivity index (χ0v) is 7.19. The molecule has 0 aliphatic rings. The summed E-state index contributed by atoms with van der Waals surface area (Å²) in [6.45, 7) is 1.71. The second-order valence-electron chi connectivity index (χ2n) is 0.519. The van der Waals surface area contributed by atoms with Crippen LogP contribution in [0.25, 0.3) is 0 Å². The molecule has 0 unspecified atom stereocenters. The molecule has 8 heteroatoms. The summed E-state index contributed by atoms with van der Waals surface area (Å²) in [4.78, 5) is 7.50. The maximum Gasteiger partial charge on any atom is -0.00168 e. The standard InChI is InChI=1S/C5H4.CH4.HNO.H3N.5H2O/c1-3-5-4-2;;1-2;;;;;;/h1H,2H3;1H4;1H;1H3;5*1H2. The molecule has 0 bridgehead atoms. The van der Waals surface area contributed by atoms with Gasteiger partial charge in [0, 0.05) is 0 Å². The van der Waals surface area contributed by atoms with E-state index in [-0.39, 0.29) is 41.0 Å². The summed E-state index contributed by atoms with van der Waals surface area (Å²) in [6.07, 6.45) is 4.72. The summed E-state index contributed by atoms with van der Waals surface area (Å²) in [5, 5.41) is 0. The molecule has 14 heavy (non-hydrogen) atoms. The molecule has 0 aromatic rings. The van der Waals surface area contributed by atoms with Crippen LogP contribution in [-0.2, 0) is 0 Å². The van der Waals surface area contributed by atoms with E-state index in [0.717, 1.165) is 0 Å². The highest BCUT2D eigenvalue weighted by Crippen LogP contribution is 1.41. The van der Waals surface area contributed by atoms with Gasteiger partial charge in [-0.2, -0.15) is 4.91 Å². The minimum absolute atomic E-state index is 0. The number of nitrogens with one attached hydrogen (secondary N) is 1. The fourth-order valence-electron chi connectivity index (χ4n) is 0.0722. The Bertz CT molecular complexity index is 125. The van der Waals surface area contributed by atoms with Gasteiger partial charge in [-0.05, 0) is 18.8 Å². The van der Waals surface area contributed by atoms with E-state index in [1.165, 1.54) is 0 Å². The molecular formula is C6H22N2O6. The normalized spacial score (nSPS) is 1.43. The van der Waals surface area contributed by atoms with Crippen molar-refractivity contribution in [1.29, 1.82) is 5.59 Å². The molecule has 0 heterocycles. The molecule has 0 saturated carbocycles. The SMILES string of the molecule is C.C#CC#CC.N.N=O.O.O.O.O.O. The van der Waals surface area contributed by atoms with Gasteiger partial charge in [0.25, 0.3) is 0 Å². The number of rotatable bonds is 0. The van der Waals surface area contributed by atoms with Crippen molar-refractivity contribution in [2.24, 2.45) is 0 Å². The first-order valence-corrected chi connectivity index (χ1v) is 1.49. The molecular weight excluding hydrogens is 196 g/mol. The van der Waals surface area contributed by atoms with Crippen LogP contribution in [-0.4, -0.2) is 27.4 Å². The summed E-state index contributed by atoms with van der Waals surface area (Å²) in [7, 11) is 0. The number of hydrogen-bond donors (Lipinski definition) is 2. The minimum atomic E-state index is 0. The van der Waals surface area contributed by atoms with E-state index in [4.69, 9.17) is 11.3 Å². The van der Waals surface area contributed by atoms with E-state index < -0.39 is 0 Å². The van der Waals surface area contributed by atoms with Crippen molar-refractivity contribution in [2.45, 2.75) is 14.4 Å². The largest absolute Gasteiger partial charge is 0.412 e. The third-order valence-corrected chi connectivity index (χ3v) is 0.197. The summed E-state index contributed by atoms with van der Waals surface area (Å²) in [6, 6.07) is 0. The Morgan fingerprint density at radius 1 is 1.00 bits per heavy atom. The Morgan fingerprint density at radius 3 is 1.21 bits per heavy atom. The Labute approximate surface area is 83.6 Å². The zero-order valence-electron chi connectivity index (χ0n) is 7.19. The Balaban J connectivity index is -0.00000000377. The molecule has 0 aliphatic heterocycles. The van der Waals surface area contributed by atoms with Crippen LogP contribution in [0.3, 0.4) is 0 Å². The second kappa shape index (κ2) is 576. The summed E-state index contributed by atoms with van der Waals surface area (Å²) in [5.74, 6) is 7.08. The highest BCUT2D eigenvalue weighted by molar-refractivity contribution is 5.20. The van der Waals surface area contributed by atoms with Crippen molar-refractivity contribution in [1.82, 2.24) is 6.15 Å². The van der Waals surface area contributed by atoms with Gasteiger partial charge in [-0.3, -0.25) is 0 Å². The van der Waals surface area contributed by atoms with Crippen molar-refractivity contribution in [3.63, 3.8) is 0 Å². The number of terminal acetylenes is 1. The lowest BCUT2D eigenvalue weighted by Crippen LogP contribution is -1.36. The molecule has 0 fully saturated rings. The fourth-order valence-corrected chi connectivity index (χ4v) is 0.0722. The Kier molecular flexibility index (Phi) is 5580. The smallest absolute Gasteiger partial charge is 0.00168 e. The fraction of sp³-hybridized carbons (Fsp3) is 0.333. The molecule has 14 N–H and O–H groups in total. The predicted octanol–water partition coefficient (Wildman–Crippen LogP) is -2.35. The zero-order chi connectivity index (χ0) is 6.12. The van der Waals surface area contributed by atoms with E-state index >= 15 is 0 Å². The summed E-state index contributed by atoms with van der Waals surface area (Å²) in [5.41, 5.74) is 4.50. The monoisotopic (exact) mass is 218 g/mol. The highest BCUT2D eigenvalue weighted by atomic mass is 16.2. The van der Waals surface area contributed by atoms with Crippen molar-refractivity contribution in [2.75, 3.05) is 0 Å². The molecule has 0 rings (SSSR count). The second-order valence-corrected chi connectivity index (χ2v) is 0.519.